The van der Waals surface area contributed by atoms with Crippen molar-refractivity contribution >= 4 is 11.8 Å². The molecule has 0 fully saturated rings. The highest BCUT2D eigenvalue weighted by Crippen LogP contribution is 2.35. The number of hydrogen-bond acceptors (Lipinski definition) is 6. The van der Waals surface area contributed by atoms with Gasteiger partial charge in [0.2, 0.25) is 0 Å². The number of aromatic hydroxyl groups is 3. The maximum absolute atomic E-state index is 11.9. The van der Waals surface area contributed by atoms with E-state index >= 15 is 0 Å². The Morgan fingerprint density at radius 3 is 2.30 bits per heavy atom. The Bertz CT molecular complexity index is 827. The van der Waals surface area contributed by atoms with Gasteiger partial charge in [0.25, 0.3) is 11.8 Å². The maximum Gasteiger partial charge on any atom is 0.258 e. The van der Waals surface area contributed by atoms with Gasteiger partial charge in [0.05, 0.1) is 0 Å². The van der Waals surface area contributed by atoms with Crippen molar-refractivity contribution in [2.24, 2.45) is 0 Å². The quantitative estimate of drug-likeness (QED) is 0.368. The number of phenolic OH excluding ortho intramolecular Hbond substituents is 3. The molecule has 2 rings (SSSR count). The number of nitrogens with one attached hydrogen (secondary N) is 2. The lowest BCUT2D eigenvalue weighted by atomic mass is 10.1. The van der Waals surface area contributed by atoms with E-state index in [1.54, 1.807) is 6.07 Å². The van der Waals surface area contributed by atoms with Crippen LogP contribution >= 0.6 is 0 Å². The Hall–Kier alpha value is -3.42. The van der Waals surface area contributed by atoms with Crippen LogP contribution in [0.4, 0.5) is 0 Å². The van der Waals surface area contributed by atoms with Crippen molar-refractivity contribution in [3.63, 3.8) is 0 Å². The number of rotatable bonds is 7. The van der Waals surface area contributed by atoms with Crippen LogP contribution in [0.1, 0.15) is 21.5 Å². The van der Waals surface area contributed by atoms with Crippen molar-refractivity contribution in [2.75, 3.05) is 19.7 Å². The molecule has 5 N–H and O–H groups in total. The van der Waals surface area contributed by atoms with Crippen molar-refractivity contribution in [1.82, 2.24) is 10.6 Å². The molecule has 2 amide bonds. The second-order valence-electron chi connectivity index (χ2n) is 5.96. The number of ether oxygens (including phenoxy) is 1. The first kappa shape index (κ1) is 19.9. The van der Waals surface area contributed by atoms with Gasteiger partial charge in [-0.05, 0) is 43.2 Å². The summed E-state index contributed by atoms with van der Waals surface area (Å²) in [7, 11) is 0. The van der Waals surface area contributed by atoms with Gasteiger partial charge in [-0.3, -0.25) is 9.59 Å². The van der Waals surface area contributed by atoms with Gasteiger partial charge in [0.1, 0.15) is 5.75 Å². The summed E-state index contributed by atoms with van der Waals surface area (Å²) in [5.74, 6) is -2.14. The Morgan fingerprint density at radius 1 is 1.00 bits per heavy atom. The van der Waals surface area contributed by atoms with Crippen LogP contribution in [0.2, 0.25) is 0 Å². The fraction of sp³-hybridized carbons (Fsp3) is 0.263. The Balaban J connectivity index is 1.74. The molecule has 0 bridgehead atoms. The lowest BCUT2D eigenvalue weighted by Gasteiger charge is -2.11. The molecule has 0 spiro atoms. The molecule has 8 nitrogen and oxygen atoms in total. The molecule has 0 saturated heterocycles. The molecule has 0 aromatic heterocycles. The van der Waals surface area contributed by atoms with Gasteiger partial charge in [-0.1, -0.05) is 12.1 Å². The van der Waals surface area contributed by atoms with E-state index < -0.39 is 23.2 Å². The first-order valence-electron chi connectivity index (χ1n) is 8.28. The number of carbonyl (C=O) groups excluding carboxylic acids is 2. The van der Waals surface area contributed by atoms with E-state index in [-0.39, 0.29) is 31.2 Å². The summed E-state index contributed by atoms with van der Waals surface area (Å²) in [5, 5.41) is 33.2. The predicted octanol–water partition coefficient (Wildman–Crippen LogP) is 1.35. The predicted molar refractivity (Wildman–Crippen MR) is 98.2 cm³/mol. The molecule has 2 aromatic rings. The van der Waals surface area contributed by atoms with Crippen LogP contribution in [0.25, 0.3) is 0 Å². The van der Waals surface area contributed by atoms with E-state index in [0.29, 0.717) is 5.75 Å². The number of aryl methyl sites for hydroxylation is 1. The first-order valence-corrected chi connectivity index (χ1v) is 8.28. The van der Waals surface area contributed by atoms with Gasteiger partial charge >= 0.3 is 0 Å². The van der Waals surface area contributed by atoms with Crippen molar-refractivity contribution in [3.05, 3.63) is 47.0 Å². The van der Waals surface area contributed by atoms with E-state index in [2.05, 4.69) is 10.6 Å². The van der Waals surface area contributed by atoms with Crippen molar-refractivity contribution in [3.8, 4) is 23.0 Å². The number of phenols is 3. The van der Waals surface area contributed by atoms with Gasteiger partial charge in [-0.2, -0.15) is 0 Å². The zero-order valence-electron chi connectivity index (χ0n) is 15.1. The zero-order valence-corrected chi connectivity index (χ0v) is 15.1. The number of benzene rings is 2. The second kappa shape index (κ2) is 8.79. The molecule has 0 saturated carbocycles. The summed E-state index contributed by atoms with van der Waals surface area (Å²) < 4.78 is 5.49. The molecular weight excluding hydrogens is 352 g/mol. The summed E-state index contributed by atoms with van der Waals surface area (Å²) in [6.45, 7) is 4.04. The summed E-state index contributed by atoms with van der Waals surface area (Å²) in [5.41, 5.74) is 2.02. The molecule has 0 unspecified atom stereocenters. The Morgan fingerprint density at radius 2 is 1.63 bits per heavy atom. The van der Waals surface area contributed by atoms with E-state index in [1.807, 2.05) is 26.0 Å². The molecule has 0 aliphatic rings. The van der Waals surface area contributed by atoms with E-state index in [9.17, 15) is 24.9 Å². The number of carbonyl (C=O) groups is 2. The maximum atomic E-state index is 11.9. The molecule has 144 valence electrons. The minimum absolute atomic E-state index is 0.0209. The standard InChI is InChI=1S/C19H22N2O6/c1-11-4-3-5-16(12(11)2)27-10-17(24)20-6-7-21-19(26)13-8-14(22)18(25)15(23)9-13/h3-5,8-9,22-23,25H,6-7,10H2,1-2H3,(H,20,24)(H,21,26). The van der Waals surface area contributed by atoms with E-state index in [1.165, 1.54) is 0 Å². The van der Waals surface area contributed by atoms with Gasteiger partial charge in [-0.25, -0.2) is 0 Å². The molecule has 8 heteroatoms. The van der Waals surface area contributed by atoms with Crippen molar-refractivity contribution in [1.29, 1.82) is 0 Å². The van der Waals surface area contributed by atoms with Gasteiger partial charge < -0.3 is 30.7 Å². The fourth-order valence-electron chi connectivity index (χ4n) is 2.29. The van der Waals surface area contributed by atoms with Crippen LogP contribution in [0.3, 0.4) is 0 Å². The minimum Gasteiger partial charge on any atom is -0.504 e. The van der Waals surface area contributed by atoms with Crippen LogP contribution in [0.5, 0.6) is 23.0 Å². The van der Waals surface area contributed by atoms with Crippen molar-refractivity contribution < 1.29 is 29.6 Å². The summed E-state index contributed by atoms with van der Waals surface area (Å²) >= 11 is 0. The molecule has 0 atom stereocenters. The monoisotopic (exact) mass is 374 g/mol. The molecule has 27 heavy (non-hydrogen) atoms. The molecule has 0 aliphatic carbocycles. The third kappa shape index (κ3) is 5.27. The molecule has 0 radical (unpaired) electrons. The van der Waals surface area contributed by atoms with Crippen LogP contribution < -0.4 is 15.4 Å². The van der Waals surface area contributed by atoms with Crippen LogP contribution in [0.15, 0.2) is 30.3 Å². The highest BCUT2D eigenvalue weighted by atomic mass is 16.5. The van der Waals surface area contributed by atoms with Crippen molar-refractivity contribution in [2.45, 2.75) is 13.8 Å². The average Bonchev–Trinajstić information content (AvgIpc) is 2.63. The minimum atomic E-state index is -0.692. The van der Waals surface area contributed by atoms with Gasteiger partial charge in [0, 0.05) is 18.7 Å². The van der Waals surface area contributed by atoms with Crippen LogP contribution in [0, 0.1) is 13.8 Å². The smallest absolute Gasteiger partial charge is 0.258 e. The van der Waals surface area contributed by atoms with Gasteiger partial charge in [0.15, 0.2) is 23.9 Å². The van der Waals surface area contributed by atoms with E-state index in [4.69, 9.17) is 4.74 Å². The van der Waals surface area contributed by atoms with Gasteiger partial charge in [-0.15, -0.1) is 0 Å². The number of hydrogen-bond donors (Lipinski definition) is 5. The summed E-state index contributed by atoms with van der Waals surface area (Å²) in [4.78, 5) is 23.7. The fourth-order valence-corrected chi connectivity index (χ4v) is 2.29. The number of amides is 2. The third-order valence-corrected chi connectivity index (χ3v) is 3.98. The summed E-state index contributed by atoms with van der Waals surface area (Å²) in [6, 6.07) is 7.66. The lowest BCUT2D eigenvalue weighted by molar-refractivity contribution is -0.123. The lowest BCUT2D eigenvalue weighted by Crippen LogP contribution is -2.36. The van der Waals surface area contributed by atoms with E-state index in [0.717, 1.165) is 23.3 Å². The average molecular weight is 374 g/mol. The summed E-state index contributed by atoms with van der Waals surface area (Å²) in [6.07, 6.45) is 0. The largest absolute Gasteiger partial charge is 0.504 e. The normalized spacial score (nSPS) is 10.3. The second-order valence-corrected chi connectivity index (χ2v) is 5.96. The van der Waals surface area contributed by atoms with Crippen LogP contribution in [-0.2, 0) is 4.79 Å². The van der Waals surface area contributed by atoms with Crippen LogP contribution in [-0.4, -0.2) is 46.8 Å². The molecule has 0 aliphatic heterocycles. The highest BCUT2D eigenvalue weighted by Gasteiger charge is 2.13. The first-order chi connectivity index (χ1) is 12.8. The SMILES string of the molecule is Cc1cccc(OCC(=O)NCCNC(=O)c2cc(O)c(O)c(O)c2)c1C. The molecule has 0 heterocycles. The zero-order chi connectivity index (χ0) is 20.0. The molecular formula is C19H22N2O6. The Labute approximate surface area is 156 Å². The Kier molecular flexibility index (Phi) is 6.48. The highest BCUT2D eigenvalue weighted by molar-refractivity contribution is 5.95. The molecule has 2 aromatic carbocycles. The third-order valence-electron chi connectivity index (χ3n) is 3.98. The topological polar surface area (TPSA) is 128 Å².